The van der Waals surface area contributed by atoms with Crippen molar-refractivity contribution in [1.82, 2.24) is 23.8 Å². The highest BCUT2D eigenvalue weighted by atomic mass is 19.3. The number of likely N-dealkylation sites (tertiary alicyclic amines) is 2. The van der Waals surface area contributed by atoms with Crippen LogP contribution in [0.2, 0.25) is 0 Å². The minimum Gasteiger partial charge on any atom is -0.497 e. The molecule has 2 atom stereocenters. The fourth-order valence-corrected chi connectivity index (χ4v) is 6.93. The zero-order valence-electron chi connectivity index (χ0n) is 25.2. The van der Waals surface area contributed by atoms with Crippen molar-refractivity contribution < 1.29 is 33.0 Å². The lowest BCUT2D eigenvalue weighted by Gasteiger charge is -2.46. The predicted octanol–water partition coefficient (Wildman–Crippen LogP) is 2.75. The number of anilines is 1. The standard InChI is InChI=1S/C31H36F2N6O6/c1-34-27-22(35-14-16-36(17-15-35)25-12-13-37(30(43)44)19-31(25,32)33)4-3-5-23(27)39(29(34)42)24-10-11-26(40)38(28(24)41)18-20-6-8-21(45-2)9-7-20/h3-9,24-25H,10-19H2,1-2H3,(H,43,44)/t24?,25-/m1/s1. The molecule has 4 heterocycles. The lowest BCUT2D eigenvalue weighted by molar-refractivity contribution is -0.151. The Kier molecular flexibility index (Phi) is 8.02. The summed E-state index contributed by atoms with van der Waals surface area (Å²) in [5.41, 5.74) is 2.33. The summed E-state index contributed by atoms with van der Waals surface area (Å²) in [6, 6.07) is 10.7. The number of methoxy groups -OCH3 is 1. The third-order valence-corrected chi connectivity index (χ3v) is 9.30. The molecular formula is C31H36F2N6O6. The Morgan fingerprint density at radius 1 is 1.00 bits per heavy atom. The smallest absolute Gasteiger partial charge is 0.407 e. The molecule has 45 heavy (non-hydrogen) atoms. The number of halogens is 2. The molecule has 6 rings (SSSR count). The third-order valence-electron chi connectivity index (χ3n) is 9.30. The molecule has 3 aliphatic rings. The fourth-order valence-electron chi connectivity index (χ4n) is 6.93. The Hall–Kier alpha value is -4.46. The SMILES string of the molecule is COc1ccc(CN2C(=O)CCC(n3c(=O)n(C)c4c(N5CCN([C@@H]6CCN(C(=O)O)CC6(F)F)CC5)cccc43)C2=O)cc1. The summed E-state index contributed by atoms with van der Waals surface area (Å²) >= 11 is 0. The van der Waals surface area contributed by atoms with Crippen molar-refractivity contribution in [3.63, 3.8) is 0 Å². The third kappa shape index (κ3) is 5.51. The van der Waals surface area contributed by atoms with Gasteiger partial charge in [0.15, 0.2) is 0 Å². The molecule has 12 nitrogen and oxygen atoms in total. The molecule has 0 spiro atoms. The summed E-state index contributed by atoms with van der Waals surface area (Å²) in [6.07, 6.45) is -0.963. The maximum atomic E-state index is 14.9. The van der Waals surface area contributed by atoms with Crippen LogP contribution in [-0.4, -0.2) is 105 Å². The topological polar surface area (TPSA) is 121 Å². The molecule has 0 saturated carbocycles. The van der Waals surface area contributed by atoms with Crippen molar-refractivity contribution in [2.75, 3.05) is 51.3 Å². The Balaban J connectivity index is 1.23. The van der Waals surface area contributed by atoms with Crippen molar-refractivity contribution in [2.45, 2.75) is 43.8 Å². The lowest BCUT2D eigenvalue weighted by atomic mass is 9.98. The molecule has 3 aromatic rings. The molecule has 1 unspecified atom stereocenters. The fraction of sp³-hybridized carbons (Fsp3) is 0.484. The summed E-state index contributed by atoms with van der Waals surface area (Å²) in [5, 5.41) is 9.16. The number of aryl methyl sites for hydroxylation is 1. The number of piperazine rings is 1. The van der Waals surface area contributed by atoms with Gasteiger partial charge >= 0.3 is 11.8 Å². The Morgan fingerprint density at radius 3 is 2.36 bits per heavy atom. The Labute approximate surface area is 257 Å². The van der Waals surface area contributed by atoms with E-state index >= 15 is 0 Å². The zero-order chi connectivity index (χ0) is 32.0. The van der Waals surface area contributed by atoms with Crippen LogP contribution < -0.4 is 15.3 Å². The van der Waals surface area contributed by atoms with Gasteiger partial charge in [-0.3, -0.25) is 28.5 Å². The Morgan fingerprint density at radius 2 is 1.71 bits per heavy atom. The molecule has 3 saturated heterocycles. The number of amides is 3. The van der Waals surface area contributed by atoms with Gasteiger partial charge in [0, 0.05) is 46.2 Å². The number of carboxylic acid groups (broad SMARTS) is 1. The van der Waals surface area contributed by atoms with Crippen molar-refractivity contribution >= 4 is 34.6 Å². The molecule has 2 aromatic carbocycles. The van der Waals surface area contributed by atoms with Gasteiger partial charge in [-0.1, -0.05) is 18.2 Å². The summed E-state index contributed by atoms with van der Waals surface area (Å²) < 4.78 is 38.1. The highest BCUT2D eigenvalue weighted by Gasteiger charge is 2.49. The molecule has 3 amide bonds. The minimum atomic E-state index is -3.16. The first-order valence-corrected chi connectivity index (χ1v) is 15.0. The van der Waals surface area contributed by atoms with Crippen LogP contribution in [0.1, 0.15) is 30.9 Å². The number of rotatable bonds is 6. The Bertz CT molecular complexity index is 1680. The molecule has 0 radical (unpaired) electrons. The number of aromatic nitrogens is 2. The lowest BCUT2D eigenvalue weighted by Crippen LogP contribution is -2.62. The summed E-state index contributed by atoms with van der Waals surface area (Å²) in [5.74, 6) is -3.23. The number of carbonyl (C=O) groups excluding carboxylic acids is 2. The van der Waals surface area contributed by atoms with Crippen LogP contribution in [0.25, 0.3) is 11.0 Å². The molecule has 0 bridgehead atoms. The minimum absolute atomic E-state index is 0.0552. The maximum Gasteiger partial charge on any atom is 0.407 e. The number of carbonyl (C=O) groups is 3. The van der Waals surface area contributed by atoms with Crippen LogP contribution in [0.4, 0.5) is 19.3 Å². The molecule has 14 heteroatoms. The average Bonchev–Trinajstić information content (AvgIpc) is 3.28. The number of benzene rings is 2. The van der Waals surface area contributed by atoms with Crippen LogP contribution >= 0.6 is 0 Å². The molecule has 3 aliphatic heterocycles. The van der Waals surface area contributed by atoms with Gasteiger partial charge in [-0.2, -0.15) is 0 Å². The molecule has 3 fully saturated rings. The van der Waals surface area contributed by atoms with Crippen LogP contribution in [0.3, 0.4) is 0 Å². The van der Waals surface area contributed by atoms with Crippen molar-refractivity contribution in [2.24, 2.45) is 7.05 Å². The number of alkyl halides is 2. The number of piperidine rings is 2. The molecule has 240 valence electrons. The number of para-hydroxylation sites is 1. The van der Waals surface area contributed by atoms with E-state index in [1.165, 1.54) is 14.0 Å². The van der Waals surface area contributed by atoms with Gasteiger partial charge in [0.25, 0.3) is 11.8 Å². The van der Waals surface area contributed by atoms with Crippen molar-refractivity contribution in [3.8, 4) is 5.75 Å². The summed E-state index contributed by atoms with van der Waals surface area (Å²) in [4.78, 5) is 57.3. The first kappa shape index (κ1) is 30.6. The highest BCUT2D eigenvalue weighted by Crippen LogP contribution is 2.35. The first-order chi connectivity index (χ1) is 21.5. The van der Waals surface area contributed by atoms with Crippen LogP contribution in [0.15, 0.2) is 47.3 Å². The van der Waals surface area contributed by atoms with Gasteiger partial charge in [0.1, 0.15) is 11.8 Å². The molecule has 1 aromatic heterocycles. The molecule has 0 aliphatic carbocycles. The summed E-state index contributed by atoms with van der Waals surface area (Å²) in [7, 11) is 3.20. The monoisotopic (exact) mass is 626 g/mol. The van der Waals surface area contributed by atoms with E-state index in [0.29, 0.717) is 43.0 Å². The van der Waals surface area contributed by atoms with Crippen LogP contribution in [-0.2, 0) is 23.2 Å². The van der Waals surface area contributed by atoms with Crippen molar-refractivity contribution in [1.29, 1.82) is 0 Å². The quantitative estimate of drug-likeness (QED) is 0.415. The number of nitrogens with zero attached hydrogens (tertiary/aromatic N) is 6. The number of fused-ring (bicyclic) bond motifs is 1. The maximum absolute atomic E-state index is 14.9. The summed E-state index contributed by atoms with van der Waals surface area (Å²) in [6.45, 7) is 0.894. The normalized spacial score (nSPS) is 22.7. The first-order valence-electron chi connectivity index (χ1n) is 15.0. The number of hydrogen-bond donors (Lipinski definition) is 1. The van der Waals surface area contributed by atoms with Crippen molar-refractivity contribution in [3.05, 3.63) is 58.5 Å². The van der Waals surface area contributed by atoms with Gasteiger partial charge in [-0.25, -0.2) is 18.4 Å². The largest absolute Gasteiger partial charge is 0.497 e. The number of ether oxygens (including phenoxy) is 1. The van der Waals surface area contributed by atoms with E-state index in [2.05, 4.69) is 4.90 Å². The van der Waals surface area contributed by atoms with E-state index < -0.39 is 36.6 Å². The molecular weight excluding hydrogens is 590 g/mol. The van der Waals surface area contributed by atoms with E-state index in [0.717, 1.165) is 16.2 Å². The van der Waals surface area contributed by atoms with Crippen LogP contribution in [0.5, 0.6) is 5.75 Å². The van der Waals surface area contributed by atoms with Gasteiger partial charge in [0.2, 0.25) is 5.91 Å². The van der Waals surface area contributed by atoms with Gasteiger partial charge in [-0.05, 0) is 42.7 Å². The van der Waals surface area contributed by atoms with E-state index in [-0.39, 0.29) is 43.9 Å². The van der Waals surface area contributed by atoms with Gasteiger partial charge in [0.05, 0.1) is 43.0 Å². The van der Waals surface area contributed by atoms with Gasteiger partial charge in [-0.15, -0.1) is 0 Å². The van der Waals surface area contributed by atoms with E-state index in [4.69, 9.17) is 9.84 Å². The number of imide groups is 1. The van der Waals surface area contributed by atoms with E-state index in [9.17, 15) is 28.0 Å². The van der Waals surface area contributed by atoms with E-state index in [1.807, 2.05) is 12.1 Å². The predicted molar refractivity (Wildman–Crippen MR) is 161 cm³/mol. The van der Waals surface area contributed by atoms with Gasteiger partial charge < -0.3 is 19.6 Å². The number of hydrogen-bond acceptors (Lipinski definition) is 7. The molecule has 1 N–H and O–H groups in total. The second kappa shape index (κ2) is 11.8. The second-order valence-corrected chi connectivity index (χ2v) is 11.9. The second-order valence-electron chi connectivity index (χ2n) is 11.9. The zero-order valence-corrected chi connectivity index (χ0v) is 25.2. The van der Waals surface area contributed by atoms with Crippen LogP contribution in [0, 0.1) is 0 Å². The van der Waals surface area contributed by atoms with E-state index in [1.54, 1.807) is 49.4 Å². The average molecular weight is 627 g/mol. The highest BCUT2D eigenvalue weighted by molar-refractivity contribution is 6.00. The number of imidazole rings is 1.